The zero-order valence-corrected chi connectivity index (χ0v) is 8.81. The normalized spacial score (nSPS) is 12.0. The molecule has 0 aliphatic heterocycles. The van der Waals surface area contributed by atoms with E-state index in [0.717, 1.165) is 18.1 Å². The smallest absolute Gasteiger partial charge is 0.166 e. The minimum atomic E-state index is -4.29. The molecule has 0 saturated heterocycles. The van der Waals surface area contributed by atoms with Crippen molar-refractivity contribution in [1.82, 2.24) is 0 Å². The summed E-state index contributed by atoms with van der Waals surface area (Å²) in [5, 5.41) is 0.981. The number of hydrogen-bond acceptors (Lipinski definition) is 0. The quantitative estimate of drug-likeness (QED) is 0.672. The van der Waals surface area contributed by atoms with Crippen molar-refractivity contribution in [3.8, 4) is 0 Å². The number of hydrogen-bond donors (Lipinski definition) is 0. The summed E-state index contributed by atoms with van der Waals surface area (Å²) >= 11 is 0. The molecule has 0 heterocycles. The Bertz CT molecular complexity index is 512. The van der Waals surface area contributed by atoms with Crippen molar-refractivity contribution in [3.05, 3.63) is 47.5 Å². The van der Waals surface area contributed by atoms with E-state index in [1.807, 2.05) is 13.0 Å². The molecule has 0 N–H and O–H groups in total. The summed E-state index contributed by atoms with van der Waals surface area (Å²) < 4.78 is 38.3. The predicted molar refractivity (Wildman–Crippen MR) is 58.3 cm³/mol. The molecule has 84 valence electrons. The van der Waals surface area contributed by atoms with Gasteiger partial charge in [-0.2, -0.15) is 13.2 Å². The Hall–Kier alpha value is -1.51. The largest absolute Gasteiger partial charge is 0.417 e. The fourth-order valence-electron chi connectivity index (χ4n) is 1.93. The summed E-state index contributed by atoms with van der Waals surface area (Å²) in [7, 11) is 0. The third-order valence-corrected chi connectivity index (χ3v) is 2.70. The lowest BCUT2D eigenvalue weighted by molar-refractivity contribution is -0.136. The summed E-state index contributed by atoms with van der Waals surface area (Å²) in [6.07, 6.45) is -3.55. The molecule has 0 atom stereocenters. The fraction of sp³-hybridized carbons (Fsp3) is 0.231. The molecule has 2 aromatic carbocycles. The molecule has 0 amide bonds. The first kappa shape index (κ1) is 11.0. The van der Waals surface area contributed by atoms with Crippen LogP contribution in [0.2, 0.25) is 0 Å². The second-order valence-corrected chi connectivity index (χ2v) is 3.67. The minimum Gasteiger partial charge on any atom is -0.166 e. The van der Waals surface area contributed by atoms with Crippen LogP contribution < -0.4 is 0 Å². The standard InChI is InChI=1S/C13H11F3/c1-2-9-5-3-7-11-10(9)6-4-8-12(11)13(14,15)16/h3-8H,2H2,1H3. The van der Waals surface area contributed by atoms with Crippen molar-refractivity contribution >= 4 is 10.8 Å². The van der Waals surface area contributed by atoms with Gasteiger partial charge in [0, 0.05) is 0 Å². The van der Waals surface area contributed by atoms with E-state index in [-0.39, 0.29) is 5.39 Å². The maximum atomic E-state index is 12.8. The van der Waals surface area contributed by atoms with Gasteiger partial charge in [0.05, 0.1) is 5.56 Å². The maximum Gasteiger partial charge on any atom is 0.417 e. The molecule has 0 aromatic heterocycles. The highest BCUT2D eigenvalue weighted by Crippen LogP contribution is 2.35. The van der Waals surface area contributed by atoms with Gasteiger partial charge in [0.2, 0.25) is 0 Å². The SMILES string of the molecule is CCc1cccc2c(C(F)(F)F)cccc12. The van der Waals surface area contributed by atoms with Crippen LogP contribution in [0.1, 0.15) is 18.1 Å². The van der Waals surface area contributed by atoms with E-state index in [4.69, 9.17) is 0 Å². The van der Waals surface area contributed by atoms with Crippen molar-refractivity contribution in [3.63, 3.8) is 0 Å². The van der Waals surface area contributed by atoms with Gasteiger partial charge in [0.1, 0.15) is 0 Å². The van der Waals surface area contributed by atoms with Crippen molar-refractivity contribution in [2.45, 2.75) is 19.5 Å². The van der Waals surface area contributed by atoms with Gasteiger partial charge in [-0.25, -0.2) is 0 Å². The first-order valence-electron chi connectivity index (χ1n) is 5.12. The molecule has 0 aliphatic rings. The molecule has 0 radical (unpaired) electrons. The fourth-order valence-corrected chi connectivity index (χ4v) is 1.93. The molecule has 0 unspecified atom stereocenters. The Morgan fingerprint density at radius 3 is 2.19 bits per heavy atom. The monoisotopic (exact) mass is 224 g/mol. The van der Waals surface area contributed by atoms with Crippen LogP contribution in [0.4, 0.5) is 13.2 Å². The summed E-state index contributed by atoms with van der Waals surface area (Å²) in [5.74, 6) is 0. The van der Waals surface area contributed by atoms with Crippen LogP contribution in [0.15, 0.2) is 36.4 Å². The first-order chi connectivity index (χ1) is 7.54. The van der Waals surface area contributed by atoms with Gasteiger partial charge in [-0.3, -0.25) is 0 Å². The summed E-state index contributed by atoms with van der Waals surface area (Å²) in [6, 6.07) is 9.39. The van der Waals surface area contributed by atoms with Gasteiger partial charge >= 0.3 is 6.18 Å². The highest BCUT2D eigenvalue weighted by atomic mass is 19.4. The molecule has 0 nitrogen and oxygen atoms in total. The molecule has 0 aliphatic carbocycles. The lowest BCUT2D eigenvalue weighted by Gasteiger charge is -2.11. The van der Waals surface area contributed by atoms with Gasteiger partial charge in [-0.1, -0.05) is 37.3 Å². The zero-order valence-electron chi connectivity index (χ0n) is 8.81. The van der Waals surface area contributed by atoms with E-state index in [2.05, 4.69) is 0 Å². The summed E-state index contributed by atoms with van der Waals surface area (Å²) in [4.78, 5) is 0. The highest BCUT2D eigenvalue weighted by Gasteiger charge is 2.32. The molecule has 0 fully saturated rings. The Morgan fingerprint density at radius 1 is 0.938 bits per heavy atom. The molecule has 2 aromatic rings. The van der Waals surface area contributed by atoms with Gasteiger partial charge in [-0.05, 0) is 28.8 Å². The van der Waals surface area contributed by atoms with Gasteiger partial charge in [0.25, 0.3) is 0 Å². The number of aryl methyl sites for hydroxylation is 1. The second-order valence-electron chi connectivity index (χ2n) is 3.67. The number of alkyl halides is 3. The maximum absolute atomic E-state index is 12.8. The van der Waals surface area contributed by atoms with Crippen LogP contribution in [-0.4, -0.2) is 0 Å². The average Bonchev–Trinajstić information content (AvgIpc) is 2.26. The number of halogens is 3. The van der Waals surface area contributed by atoms with Crippen molar-refractivity contribution in [2.75, 3.05) is 0 Å². The predicted octanol–water partition coefficient (Wildman–Crippen LogP) is 4.42. The van der Waals surface area contributed by atoms with Crippen LogP contribution >= 0.6 is 0 Å². The molecule has 16 heavy (non-hydrogen) atoms. The number of rotatable bonds is 1. The van der Waals surface area contributed by atoms with Gasteiger partial charge in [-0.15, -0.1) is 0 Å². The molecule has 2 rings (SSSR count). The lowest BCUT2D eigenvalue weighted by Crippen LogP contribution is -2.05. The minimum absolute atomic E-state index is 0.286. The number of benzene rings is 2. The Labute approximate surface area is 91.7 Å². The van der Waals surface area contributed by atoms with E-state index >= 15 is 0 Å². The Balaban J connectivity index is 2.79. The molecule has 0 bridgehead atoms. The van der Waals surface area contributed by atoms with Gasteiger partial charge in [0.15, 0.2) is 0 Å². The van der Waals surface area contributed by atoms with E-state index < -0.39 is 11.7 Å². The molecular formula is C13H11F3. The van der Waals surface area contributed by atoms with E-state index in [1.54, 1.807) is 12.1 Å². The zero-order chi connectivity index (χ0) is 11.8. The average molecular weight is 224 g/mol. The number of fused-ring (bicyclic) bond motifs is 1. The van der Waals surface area contributed by atoms with Gasteiger partial charge < -0.3 is 0 Å². The summed E-state index contributed by atoms with van der Waals surface area (Å²) in [6.45, 7) is 1.94. The Kier molecular flexibility index (Phi) is 2.62. The molecule has 0 saturated carbocycles. The third kappa shape index (κ3) is 1.77. The van der Waals surface area contributed by atoms with Crippen LogP contribution in [0.5, 0.6) is 0 Å². The second kappa shape index (κ2) is 3.81. The van der Waals surface area contributed by atoms with Crippen LogP contribution in [0, 0.1) is 0 Å². The summed E-state index contributed by atoms with van der Waals surface area (Å²) in [5.41, 5.74) is 0.392. The lowest BCUT2D eigenvalue weighted by atomic mass is 9.98. The Morgan fingerprint density at radius 2 is 1.56 bits per heavy atom. The topological polar surface area (TPSA) is 0 Å². The van der Waals surface area contributed by atoms with E-state index in [9.17, 15) is 13.2 Å². The van der Waals surface area contributed by atoms with Crippen LogP contribution in [-0.2, 0) is 12.6 Å². The van der Waals surface area contributed by atoms with E-state index in [1.165, 1.54) is 12.1 Å². The van der Waals surface area contributed by atoms with Crippen molar-refractivity contribution < 1.29 is 13.2 Å². The van der Waals surface area contributed by atoms with E-state index in [0.29, 0.717) is 5.39 Å². The van der Waals surface area contributed by atoms with Crippen LogP contribution in [0.3, 0.4) is 0 Å². The molecule has 3 heteroatoms. The molecular weight excluding hydrogens is 213 g/mol. The third-order valence-electron chi connectivity index (χ3n) is 2.70. The first-order valence-corrected chi connectivity index (χ1v) is 5.12. The van der Waals surface area contributed by atoms with Crippen molar-refractivity contribution in [1.29, 1.82) is 0 Å². The van der Waals surface area contributed by atoms with Crippen molar-refractivity contribution in [2.24, 2.45) is 0 Å². The highest BCUT2D eigenvalue weighted by molar-refractivity contribution is 5.89. The van der Waals surface area contributed by atoms with Crippen LogP contribution in [0.25, 0.3) is 10.8 Å². The molecule has 0 spiro atoms.